The highest BCUT2D eigenvalue weighted by Crippen LogP contribution is 2.31. The van der Waals surface area contributed by atoms with Crippen LogP contribution in [-0.4, -0.2) is 47.6 Å². The maximum absolute atomic E-state index is 12.0. The van der Waals surface area contributed by atoms with Gasteiger partial charge in [0.05, 0.1) is 5.41 Å². The van der Waals surface area contributed by atoms with E-state index >= 15 is 0 Å². The third kappa shape index (κ3) is 4.20. The van der Waals surface area contributed by atoms with E-state index in [1.807, 2.05) is 13.8 Å². The van der Waals surface area contributed by atoms with Crippen LogP contribution in [0.1, 0.15) is 47.0 Å². The van der Waals surface area contributed by atoms with Crippen molar-refractivity contribution in [3.63, 3.8) is 0 Å². The second-order valence-corrected chi connectivity index (χ2v) is 6.60. The lowest BCUT2D eigenvalue weighted by molar-refractivity contribution is -0.153. The van der Waals surface area contributed by atoms with Crippen LogP contribution in [0, 0.1) is 11.3 Å². The Bertz CT molecular complexity index is 366. The first-order valence-corrected chi connectivity index (χ1v) is 7.40. The minimum atomic E-state index is -1.00. The second-order valence-electron chi connectivity index (χ2n) is 6.60. The Kier molecular flexibility index (Phi) is 5.57. The van der Waals surface area contributed by atoms with E-state index in [9.17, 15) is 14.7 Å². The minimum absolute atomic E-state index is 0.0276. The van der Waals surface area contributed by atoms with E-state index in [1.54, 1.807) is 6.92 Å². The van der Waals surface area contributed by atoms with Gasteiger partial charge in [0.15, 0.2) is 0 Å². The molecule has 0 aromatic carbocycles. The third-order valence-corrected chi connectivity index (χ3v) is 4.70. The summed E-state index contributed by atoms with van der Waals surface area (Å²) in [5, 5.41) is 12.2. The first-order valence-electron chi connectivity index (χ1n) is 7.40. The number of likely N-dealkylation sites (N-methyl/N-ethyl adjacent to an activating group) is 1. The summed E-state index contributed by atoms with van der Waals surface area (Å²) in [4.78, 5) is 25.6. The number of nitrogens with one attached hydrogen (secondary N) is 1. The van der Waals surface area contributed by atoms with Gasteiger partial charge in [0.25, 0.3) is 0 Å². The molecular weight excluding hydrogens is 256 g/mol. The Balaban J connectivity index is 2.44. The number of hydrogen-bond donors (Lipinski definition) is 2. The van der Waals surface area contributed by atoms with Gasteiger partial charge < -0.3 is 10.4 Å². The molecule has 0 saturated heterocycles. The van der Waals surface area contributed by atoms with Crippen molar-refractivity contribution in [2.45, 2.75) is 59.0 Å². The van der Waals surface area contributed by atoms with Crippen LogP contribution in [0.15, 0.2) is 0 Å². The van der Waals surface area contributed by atoms with Crippen molar-refractivity contribution in [3.05, 3.63) is 0 Å². The standard InChI is InChI=1S/C15H28N2O3/c1-10(2)15(4,14(19)20)8-13(18)16-9-11(3)17(5)12-6-7-12/h10-12H,6-9H2,1-5H3,(H,16,18)(H,19,20). The summed E-state index contributed by atoms with van der Waals surface area (Å²) in [5.41, 5.74) is -1.00. The highest BCUT2D eigenvalue weighted by atomic mass is 16.4. The Morgan fingerprint density at radius 3 is 2.30 bits per heavy atom. The molecule has 1 aliphatic rings. The average molecular weight is 284 g/mol. The van der Waals surface area contributed by atoms with Crippen molar-refractivity contribution in [2.24, 2.45) is 11.3 Å². The maximum atomic E-state index is 12.0. The van der Waals surface area contributed by atoms with Crippen molar-refractivity contribution in [2.75, 3.05) is 13.6 Å². The molecule has 1 amide bonds. The molecule has 0 radical (unpaired) electrons. The lowest BCUT2D eigenvalue weighted by atomic mass is 9.76. The Labute approximate surface area is 121 Å². The number of hydrogen-bond acceptors (Lipinski definition) is 3. The molecule has 0 aromatic heterocycles. The predicted octanol–water partition coefficient (Wildman–Crippen LogP) is 1.72. The zero-order valence-electron chi connectivity index (χ0n) is 13.3. The van der Waals surface area contributed by atoms with Crippen LogP contribution < -0.4 is 5.32 Å². The first kappa shape index (κ1) is 17.0. The highest BCUT2D eigenvalue weighted by molar-refractivity contribution is 5.84. The molecule has 1 fully saturated rings. The van der Waals surface area contributed by atoms with Gasteiger partial charge in [0, 0.05) is 25.0 Å². The molecule has 5 nitrogen and oxygen atoms in total. The van der Waals surface area contributed by atoms with Crippen LogP contribution in [0.2, 0.25) is 0 Å². The van der Waals surface area contributed by atoms with Gasteiger partial charge in [-0.15, -0.1) is 0 Å². The SMILES string of the molecule is CC(CNC(=O)CC(C)(C(=O)O)C(C)C)N(C)C1CC1. The minimum Gasteiger partial charge on any atom is -0.481 e. The monoisotopic (exact) mass is 284 g/mol. The fraction of sp³-hybridized carbons (Fsp3) is 0.867. The van der Waals surface area contributed by atoms with Gasteiger partial charge in [-0.1, -0.05) is 13.8 Å². The quantitative estimate of drug-likeness (QED) is 0.712. The van der Waals surface area contributed by atoms with Crippen LogP contribution in [0.4, 0.5) is 0 Å². The summed E-state index contributed by atoms with van der Waals surface area (Å²) in [6.45, 7) is 7.96. The Morgan fingerprint density at radius 1 is 1.35 bits per heavy atom. The molecule has 0 heterocycles. The van der Waals surface area contributed by atoms with E-state index in [0.717, 1.165) is 0 Å². The molecule has 2 atom stereocenters. The van der Waals surface area contributed by atoms with E-state index in [4.69, 9.17) is 0 Å². The van der Waals surface area contributed by atoms with Gasteiger partial charge in [-0.25, -0.2) is 0 Å². The molecule has 0 spiro atoms. The van der Waals surface area contributed by atoms with Gasteiger partial charge in [0.2, 0.25) is 5.91 Å². The molecule has 5 heteroatoms. The summed E-state index contributed by atoms with van der Waals surface area (Å²) in [6, 6.07) is 0.934. The lowest BCUT2D eigenvalue weighted by Crippen LogP contribution is -2.44. The van der Waals surface area contributed by atoms with Gasteiger partial charge in [0.1, 0.15) is 0 Å². The predicted molar refractivity (Wildman–Crippen MR) is 78.5 cm³/mol. The van der Waals surface area contributed by atoms with Crippen LogP contribution in [-0.2, 0) is 9.59 Å². The smallest absolute Gasteiger partial charge is 0.310 e. The summed E-state index contributed by atoms with van der Waals surface area (Å²) in [5.74, 6) is -1.18. The second kappa shape index (κ2) is 6.57. The maximum Gasteiger partial charge on any atom is 0.310 e. The van der Waals surface area contributed by atoms with Gasteiger partial charge >= 0.3 is 5.97 Å². The van der Waals surface area contributed by atoms with E-state index in [2.05, 4.69) is 24.2 Å². The van der Waals surface area contributed by atoms with Gasteiger partial charge in [-0.2, -0.15) is 0 Å². The molecule has 1 saturated carbocycles. The van der Waals surface area contributed by atoms with Crippen molar-refractivity contribution in [1.82, 2.24) is 10.2 Å². The molecule has 2 unspecified atom stereocenters. The normalized spacial score (nSPS) is 19.8. The summed E-state index contributed by atoms with van der Waals surface area (Å²) < 4.78 is 0. The number of aliphatic carboxylic acids is 1. The highest BCUT2D eigenvalue weighted by Gasteiger charge is 2.39. The zero-order valence-corrected chi connectivity index (χ0v) is 13.3. The molecule has 0 bridgehead atoms. The van der Waals surface area contributed by atoms with Crippen molar-refractivity contribution >= 4 is 11.9 Å². The fourth-order valence-electron chi connectivity index (χ4n) is 2.17. The van der Waals surface area contributed by atoms with Crippen molar-refractivity contribution < 1.29 is 14.7 Å². The number of nitrogens with zero attached hydrogens (tertiary/aromatic N) is 1. The molecule has 1 aliphatic carbocycles. The van der Waals surface area contributed by atoms with Crippen LogP contribution in [0.3, 0.4) is 0 Å². The number of amides is 1. The molecule has 116 valence electrons. The Hall–Kier alpha value is -1.10. The molecule has 0 aliphatic heterocycles. The average Bonchev–Trinajstić information content (AvgIpc) is 3.18. The molecular formula is C15H28N2O3. The van der Waals surface area contributed by atoms with E-state index in [0.29, 0.717) is 12.6 Å². The number of carboxylic acid groups (broad SMARTS) is 1. The van der Waals surface area contributed by atoms with E-state index < -0.39 is 11.4 Å². The summed E-state index contributed by atoms with van der Waals surface area (Å²) in [6.07, 6.45) is 2.50. The number of carbonyl (C=O) groups is 2. The van der Waals surface area contributed by atoms with Gasteiger partial charge in [-0.05, 0) is 39.7 Å². The fourth-order valence-corrected chi connectivity index (χ4v) is 2.17. The van der Waals surface area contributed by atoms with E-state index in [1.165, 1.54) is 12.8 Å². The van der Waals surface area contributed by atoms with E-state index in [-0.39, 0.29) is 24.3 Å². The Morgan fingerprint density at radius 2 is 1.90 bits per heavy atom. The first-order chi connectivity index (χ1) is 9.18. The molecule has 0 aromatic rings. The van der Waals surface area contributed by atoms with Crippen LogP contribution in [0.5, 0.6) is 0 Å². The third-order valence-electron chi connectivity index (χ3n) is 4.70. The summed E-state index contributed by atoms with van der Waals surface area (Å²) in [7, 11) is 2.07. The van der Waals surface area contributed by atoms with Crippen molar-refractivity contribution in [3.8, 4) is 0 Å². The lowest BCUT2D eigenvalue weighted by Gasteiger charge is -2.29. The number of carboxylic acids is 1. The topological polar surface area (TPSA) is 69.6 Å². The molecule has 20 heavy (non-hydrogen) atoms. The van der Waals surface area contributed by atoms with Crippen LogP contribution in [0.25, 0.3) is 0 Å². The number of carbonyl (C=O) groups excluding carboxylic acids is 1. The zero-order chi connectivity index (χ0) is 15.5. The van der Waals surface area contributed by atoms with Crippen molar-refractivity contribution in [1.29, 1.82) is 0 Å². The largest absolute Gasteiger partial charge is 0.481 e. The number of rotatable bonds is 8. The van der Waals surface area contributed by atoms with Gasteiger partial charge in [-0.3, -0.25) is 14.5 Å². The van der Waals surface area contributed by atoms with Crippen LogP contribution >= 0.6 is 0 Å². The summed E-state index contributed by atoms with van der Waals surface area (Å²) >= 11 is 0. The molecule has 2 N–H and O–H groups in total. The molecule has 1 rings (SSSR count).